The Hall–Kier alpha value is -2.61. The molecule has 0 aliphatic rings. The second kappa shape index (κ2) is 4.58. The molecule has 0 radical (unpaired) electrons. The van der Waals surface area contributed by atoms with Crippen LogP contribution >= 0.6 is 0 Å². The fourth-order valence-corrected chi connectivity index (χ4v) is 2.20. The van der Waals surface area contributed by atoms with Crippen molar-refractivity contribution in [3.05, 3.63) is 48.3 Å². The standard InChI is InChI=1S/C14H13N5/c1-18-9-8-16-14(18)10-19-12-5-3-2-4-11(12)17-13(19)6-7-15/h2-5,8-9H,6,10H2,1H3. The lowest BCUT2D eigenvalue weighted by molar-refractivity contribution is 0.689. The monoisotopic (exact) mass is 251 g/mol. The summed E-state index contributed by atoms with van der Waals surface area (Å²) in [4.78, 5) is 8.85. The van der Waals surface area contributed by atoms with Crippen LogP contribution in [0.4, 0.5) is 0 Å². The van der Waals surface area contributed by atoms with E-state index in [9.17, 15) is 0 Å². The highest BCUT2D eigenvalue weighted by Crippen LogP contribution is 2.17. The smallest absolute Gasteiger partial charge is 0.128 e. The number of aryl methyl sites for hydroxylation is 1. The van der Waals surface area contributed by atoms with E-state index in [0.29, 0.717) is 13.0 Å². The second-order valence-electron chi connectivity index (χ2n) is 4.39. The van der Waals surface area contributed by atoms with Gasteiger partial charge in [0, 0.05) is 19.4 Å². The van der Waals surface area contributed by atoms with E-state index in [4.69, 9.17) is 5.26 Å². The average Bonchev–Trinajstić information content (AvgIpc) is 2.96. The number of hydrogen-bond acceptors (Lipinski definition) is 3. The Labute approximate surface area is 110 Å². The van der Waals surface area contributed by atoms with Crippen molar-refractivity contribution in [1.29, 1.82) is 5.26 Å². The molecular weight excluding hydrogens is 238 g/mol. The third kappa shape index (κ3) is 1.97. The van der Waals surface area contributed by atoms with Gasteiger partial charge in [0.25, 0.3) is 0 Å². The van der Waals surface area contributed by atoms with Crippen molar-refractivity contribution in [2.24, 2.45) is 7.05 Å². The molecule has 0 bridgehead atoms. The van der Waals surface area contributed by atoms with Crippen molar-refractivity contribution in [2.75, 3.05) is 0 Å². The number of imidazole rings is 2. The molecule has 0 aliphatic heterocycles. The molecule has 5 nitrogen and oxygen atoms in total. The molecule has 2 heterocycles. The summed E-state index contributed by atoms with van der Waals surface area (Å²) in [6.45, 7) is 0.626. The molecule has 0 saturated heterocycles. The fraction of sp³-hybridized carbons (Fsp3) is 0.214. The summed E-state index contributed by atoms with van der Waals surface area (Å²) in [6, 6.07) is 10.1. The van der Waals surface area contributed by atoms with E-state index in [2.05, 4.69) is 20.6 Å². The highest BCUT2D eigenvalue weighted by atomic mass is 15.1. The van der Waals surface area contributed by atoms with E-state index in [-0.39, 0.29) is 0 Å². The van der Waals surface area contributed by atoms with Gasteiger partial charge in [0.05, 0.1) is 30.1 Å². The average molecular weight is 251 g/mol. The molecular formula is C14H13N5. The highest BCUT2D eigenvalue weighted by molar-refractivity contribution is 5.76. The maximum atomic E-state index is 8.93. The predicted octanol–water partition coefficient (Wildman–Crippen LogP) is 1.88. The number of nitriles is 1. The van der Waals surface area contributed by atoms with Gasteiger partial charge in [-0.1, -0.05) is 12.1 Å². The quantitative estimate of drug-likeness (QED) is 0.714. The molecule has 5 heteroatoms. The van der Waals surface area contributed by atoms with E-state index in [1.54, 1.807) is 6.20 Å². The number of hydrogen-bond donors (Lipinski definition) is 0. The van der Waals surface area contributed by atoms with Crippen molar-refractivity contribution in [3.63, 3.8) is 0 Å². The van der Waals surface area contributed by atoms with Gasteiger partial charge in [-0.05, 0) is 12.1 Å². The lowest BCUT2D eigenvalue weighted by atomic mass is 10.3. The number of para-hydroxylation sites is 2. The number of benzene rings is 1. The van der Waals surface area contributed by atoms with Crippen molar-refractivity contribution in [1.82, 2.24) is 19.1 Å². The third-order valence-corrected chi connectivity index (χ3v) is 3.19. The molecule has 2 aromatic heterocycles. The second-order valence-corrected chi connectivity index (χ2v) is 4.39. The Morgan fingerprint density at radius 2 is 2.11 bits per heavy atom. The molecule has 0 fully saturated rings. The van der Waals surface area contributed by atoms with Crippen molar-refractivity contribution < 1.29 is 0 Å². The Morgan fingerprint density at radius 1 is 1.26 bits per heavy atom. The topological polar surface area (TPSA) is 59.4 Å². The first-order chi connectivity index (χ1) is 9.29. The molecule has 1 aromatic carbocycles. The Balaban J connectivity index is 2.12. The number of rotatable bonds is 3. The number of nitrogens with zero attached hydrogens (tertiary/aromatic N) is 5. The van der Waals surface area contributed by atoms with Crippen LogP contribution in [0.1, 0.15) is 11.6 Å². The summed E-state index contributed by atoms with van der Waals surface area (Å²) in [5, 5.41) is 8.93. The summed E-state index contributed by atoms with van der Waals surface area (Å²) in [6.07, 6.45) is 4.00. The predicted molar refractivity (Wildman–Crippen MR) is 71.4 cm³/mol. The van der Waals surface area contributed by atoms with Gasteiger partial charge in [0.2, 0.25) is 0 Å². The minimum atomic E-state index is 0.305. The van der Waals surface area contributed by atoms with Gasteiger partial charge in [0.15, 0.2) is 0 Å². The van der Waals surface area contributed by atoms with Gasteiger partial charge in [-0.2, -0.15) is 5.26 Å². The zero-order valence-corrected chi connectivity index (χ0v) is 10.6. The zero-order valence-electron chi connectivity index (χ0n) is 10.6. The molecule has 94 valence electrons. The van der Waals surface area contributed by atoms with Crippen molar-refractivity contribution in [2.45, 2.75) is 13.0 Å². The van der Waals surface area contributed by atoms with Gasteiger partial charge in [-0.3, -0.25) is 0 Å². The molecule has 3 rings (SSSR count). The van der Waals surface area contributed by atoms with Gasteiger partial charge >= 0.3 is 0 Å². The lowest BCUT2D eigenvalue weighted by Crippen LogP contribution is -2.09. The van der Waals surface area contributed by atoms with Crippen LogP contribution in [-0.2, 0) is 20.0 Å². The van der Waals surface area contributed by atoms with Crippen LogP contribution in [-0.4, -0.2) is 19.1 Å². The fourth-order valence-electron chi connectivity index (χ4n) is 2.20. The minimum Gasteiger partial charge on any atom is -0.337 e. The van der Waals surface area contributed by atoms with Crippen molar-refractivity contribution >= 4 is 11.0 Å². The van der Waals surface area contributed by atoms with Gasteiger partial charge < -0.3 is 9.13 Å². The van der Waals surface area contributed by atoms with Crippen LogP contribution in [0.3, 0.4) is 0 Å². The normalized spacial score (nSPS) is 10.7. The minimum absolute atomic E-state index is 0.305. The zero-order chi connectivity index (χ0) is 13.2. The molecule has 0 saturated carbocycles. The SMILES string of the molecule is Cn1ccnc1Cn1c(CC#N)nc2ccccc21. The van der Waals surface area contributed by atoms with E-state index in [0.717, 1.165) is 22.7 Å². The first-order valence-electron chi connectivity index (χ1n) is 6.07. The van der Waals surface area contributed by atoms with E-state index in [1.807, 2.05) is 42.1 Å². The molecule has 0 spiro atoms. The first kappa shape index (κ1) is 11.5. The van der Waals surface area contributed by atoms with E-state index in [1.165, 1.54) is 0 Å². The van der Waals surface area contributed by atoms with Crippen LogP contribution < -0.4 is 0 Å². The van der Waals surface area contributed by atoms with Crippen LogP contribution in [0.5, 0.6) is 0 Å². The van der Waals surface area contributed by atoms with Crippen LogP contribution in [0, 0.1) is 11.3 Å². The number of aromatic nitrogens is 4. The molecule has 0 atom stereocenters. The molecule has 19 heavy (non-hydrogen) atoms. The van der Waals surface area contributed by atoms with Crippen molar-refractivity contribution in [3.8, 4) is 6.07 Å². The molecule has 0 aliphatic carbocycles. The van der Waals surface area contributed by atoms with E-state index < -0.39 is 0 Å². The van der Waals surface area contributed by atoms with Crippen LogP contribution in [0.15, 0.2) is 36.7 Å². The van der Waals surface area contributed by atoms with Gasteiger partial charge in [0.1, 0.15) is 11.6 Å². The Morgan fingerprint density at radius 3 is 2.84 bits per heavy atom. The van der Waals surface area contributed by atoms with Gasteiger partial charge in [-0.15, -0.1) is 0 Å². The van der Waals surface area contributed by atoms with Crippen LogP contribution in [0.2, 0.25) is 0 Å². The van der Waals surface area contributed by atoms with E-state index >= 15 is 0 Å². The summed E-state index contributed by atoms with van der Waals surface area (Å²) < 4.78 is 4.03. The third-order valence-electron chi connectivity index (χ3n) is 3.19. The first-order valence-corrected chi connectivity index (χ1v) is 6.07. The largest absolute Gasteiger partial charge is 0.337 e. The maximum Gasteiger partial charge on any atom is 0.128 e. The molecule has 0 amide bonds. The summed E-state index contributed by atoms with van der Waals surface area (Å²) in [5.74, 6) is 1.73. The molecule has 0 N–H and O–H groups in total. The lowest BCUT2D eigenvalue weighted by Gasteiger charge is -2.07. The number of fused-ring (bicyclic) bond motifs is 1. The summed E-state index contributed by atoms with van der Waals surface area (Å²) in [7, 11) is 1.96. The van der Waals surface area contributed by atoms with Crippen LogP contribution in [0.25, 0.3) is 11.0 Å². The summed E-state index contributed by atoms with van der Waals surface area (Å²) >= 11 is 0. The Kier molecular flexibility index (Phi) is 2.76. The van der Waals surface area contributed by atoms with Gasteiger partial charge in [-0.25, -0.2) is 9.97 Å². The highest BCUT2D eigenvalue weighted by Gasteiger charge is 2.11. The maximum absolute atomic E-state index is 8.93. The molecule has 0 unspecified atom stereocenters. The summed E-state index contributed by atoms with van der Waals surface area (Å²) in [5.41, 5.74) is 1.96. The Bertz CT molecular complexity index is 760. The molecule has 3 aromatic rings.